The first kappa shape index (κ1) is 15.8. The summed E-state index contributed by atoms with van der Waals surface area (Å²) in [5.74, 6) is 0.811. The molecule has 122 valence electrons. The number of likely N-dealkylation sites (tertiary alicyclic amines) is 1. The second-order valence-electron chi connectivity index (χ2n) is 6.03. The summed E-state index contributed by atoms with van der Waals surface area (Å²) in [4.78, 5) is 2.31. The number of rotatable bonds is 5. The number of β-amino-alcohol motifs (C(OH)–C–C–N with tert-alkyl or cyclic N) is 1. The summed E-state index contributed by atoms with van der Waals surface area (Å²) in [5, 5.41) is 13.9. The van der Waals surface area contributed by atoms with Crippen molar-refractivity contribution < 1.29 is 9.84 Å². The molecule has 1 fully saturated rings. The average molecular weight is 312 g/mol. The van der Waals surface area contributed by atoms with E-state index in [1.54, 1.807) is 7.11 Å². The SMILES string of the molecule is COc1ccccc1N[C@H]1CCN(Cc2ccccc2)C[C@@H]1O. The Balaban J connectivity index is 1.58. The second kappa shape index (κ2) is 7.49. The molecule has 1 aliphatic rings. The molecule has 4 nitrogen and oxygen atoms in total. The summed E-state index contributed by atoms with van der Waals surface area (Å²) in [5.41, 5.74) is 2.23. The predicted octanol–water partition coefficient (Wildman–Crippen LogP) is 2.74. The summed E-state index contributed by atoms with van der Waals surface area (Å²) in [6.07, 6.45) is 0.517. The Morgan fingerprint density at radius 1 is 1.13 bits per heavy atom. The molecule has 2 aromatic rings. The summed E-state index contributed by atoms with van der Waals surface area (Å²) < 4.78 is 5.37. The fourth-order valence-electron chi connectivity index (χ4n) is 3.11. The largest absolute Gasteiger partial charge is 0.495 e. The number of ether oxygens (including phenoxy) is 1. The number of para-hydroxylation sites is 2. The van der Waals surface area contributed by atoms with E-state index in [1.165, 1.54) is 5.56 Å². The third kappa shape index (κ3) is 4.03. The number of hydrogen-bond acceptors (Lipinski definition) is 4. The molecule has 3 rings (SSSR count). The van der Waals surface area contributed by atoms with Gasteiger partial charge in [0.25, 0.3) is 0 Å². The van der Waals surface area contributed by atoms with E-state index in [2.05, 4.69) is 34.5 Å². The normalized spacial score (nSPS) is 21.8. The van der Waals surface area contributed by atoms with E-state index in [1.807, 2.05) is 30.3 Å². The molecule has 0 aliphatic carbocycles. The van der Waals surface area contributed by atoms with Crippen LogP contribution in [-0.4, -0.2) is 42.4 Å². The van der Waals surface area contributed by atoms with Crippen molar-refractivity contribution in [3.63, 3.8) is 0 Å². The van der Waals surface area contributed by atoms with Gasteiger partial charge >= 0.3 is 0 Å². The van der Waals surface area contributed by atoms with Crippen molar-refractivity contribution in [2.75, 3.05) is 25.5 Å². The Morgan fingerprint density at radius 3 is 2.61 bits per heavy atom. The highest BCUT2D eigenvalue weighted by molar-refractivity contribution is 5.56. The van der Waals surface area contributed by atoms with Gasteiger partial charge in [0, 0.05) is 19.6 Å². The fraction of sp³-hybridized carbons (Fsp3) is 0.368. The predicted molar refractivity (Wildman–Crippen MR) is 92.7 cm³/mol. The Kier molecular flexibility index (Phi) is 5.16. The van der Waals surface area contributed by atoms with Crippen LogP contribution in [0.15, 0.2) is 54.6 Å². The first-order valence-corrected chi connectivity index (χ1v) is 8.10. The lowest BCUT2D eigenvalue weighted by Crippen LogP contribution is -2.49. The molecule has 2 aromatic carbocycles. The third-order valence-electron chi connectivity index (χ3n) is 4.36. The van der Waals surface area contributed by atoms with Gasteiger partial charge in [0.2, 0.25) is 0 Å². The molecular formula is C19H24N2O2. The quantitative estimate of drug-likeness (QED) is 0.891. The number of aliphatic hydroxyl groups excluding tert-OH is 1. The first-order valence-electron chi connectivity index (χ1n) is 8.10. The molecule has 4 heteroatoms. The lowest BCUT2D eigenvalue weighted by molar-refractivity contribution is 0.0561. The monoisotopic (exact) mass is 312 g/mol. The highest BCUT2D eigenvalue weighted by Crippen LogP contribution is 2.26. The second-order valence-corrected chi connectivity index (χ2v) is 6.03. The smallest absolute Gasteiger partial charge is 0.141 e. The minimum atomic E-state index is -0.391. The topological polar surface area (TPSA) is 44.7 Å². The number of anilines is 1. The van der Waals surface area contributed by atoms with Crippen molar-refractivity contribution in [2.24, 2.45) is 0 Å². The van der Waals surface area contributed by atoms with Gasteiger partial charge in [0.15, 0.2) is 0 Å². The van der Waals surface area contributed by atoms with Crippen molar-refractivity contribution in [3.8, 4) is 5.75 Å². The van der Waals surface area contributed by atoms with Gasteiger partial charge in [-0.1, -0.05) is 42.5 Å². The Morgan fingerprint density at radius 2 is 1.87 bits per heavy atom. The number of piperidine rings is 1. The zero-order valence-corrected chi connectivity index (χ0v) is 13.5. The van der Waals surface area contributed by atoms with Crippen molar-refractivity contribution in [3.05, 3.63) is 60.2 Å². The number of hydrogen-bond donors (Lipinski definition) is 2. The van der Waals surface area contributed by atoms with Crippen LogP contribution in [0.25, 0.3) is 0 Å². The zero-order chi connectivity index (χ0) is 16.1. The number of methoxy groups -OCH3 is 1. The lowest BCUT2D eigenvalue weighted by atomic mass is 10.0. The van der Waals surface area contributed by atoms with Crippen LogP contribution in [0.2, 0.25) is 0 Å². The molecule has 0 spiro atoms. The standard InChI is InChI=1S/C19H24N2O2/c1-23-19-10-6-5-9-17(19)20-16-11-12-21(14-18(16)22)13-15-7-3-2-4-8-15/h2-10,16,18,20,22H,11-14H2,1H3/t16-,18-/m0/s1. The molecular weight excluding hydrogens is 288 g/mol. The van der Waals surface area contributed by atoms with Gasteiger partial charge in [-0.25, -0.2) is 0 Å². The van der Waals surface area contributed by atoms with E-state index >= 15 is 0 Å². The van der Waals surface area contributed by atoms with Crippen molar-refractivity contribution in [1.82, 2.24) is 4.90 Å². The van der Waals surface area contributed by atoms with E-state index in [-0.39, 0.29) is 6.04 Å². The van der Waals surface area contributed by atoms with Crippen LogP contribution in [0.4, 0.5) is 5.69 Å². The van der Waals surface area contributed by atoms with Gasteiger partial charge in [-0.15, -0.1) is 0 Å². The molecule has 0 radical (unpaired) electrons. The first-order chi connectivity index (χ1) is 11.3. The summed E-state index contributed by atoms with van der Waals surface area (Å²) >= 11 is 0. The van der Waals surface area contributed by atoms with Gasteiger partial charge in [-0.2, -0.15) is 0 Å². The third-order valence-corrected chi connectivity index (χ3v) is 4.36. The van der Waals surface area contributed by atoms with Crippen LogP contribution in [0.5, 0.6) is 5.75 Å². The van der Waals surface area contributed by atoms with E-state index in [0.717, 1.165) is 30.9 Å². The molecule has 1 saturated heterocycles. The van der Waals surface area contributed by atoms with Gasteiger partial charge in [-0.05, 0) is 24.1 Å². The van der Waals surface area contributed by atoms with Gasteiger partial charge < -0.3 is 15.2 Å². The molecule has 0 aromatic heterocycles. The summed E-state index contributed by atoms with van der Waals surface area (Å²) in [7, 11) is 1.67. The maximum Gasteiger partial charge on any atom is 0.141 e. The maximum atomic E-state index is 10.5. The van der Waals surface area contributed by atoms with Crippen molar-refractivity contribution in [2.45, 2.75) is 25.1 Å². The summed E-state index contributed by atoms with van der Waals surface area (Å²) in [6.45, 7) is 2.54. The Labute approximate surface area is 137 Å². The van der Waals surface area contributed by atoms with Crippen LogP contribution in [-0.2, 0) is 6.54 Å². The molecule has 1 aliphatic heterocycles. The minimum Gasteiger partial charge on any atom is -0.495 e. The van der Waals surface area contributed by atoms with E-state index in [0.29, 0.717) is 6.54 Å². The highest BCUT2D eigenvalue weighted by atomic mass is 16.5. The van der Waals surface area contributed by atoms with Gasteiger partial charge in [-0.3, -0.25) is 4.90 Å². The van der Waals surface area contributed by atoms with Crippen LogP contribution in [0.3, 0.4) is 0 Å². The number of benzene rings is 2. The zero-order valence-electron chi connectivity index (χ0n) is 13.5. The van der Waals surface area contributed by atoms with Crippen LogP contribution in [0.1, 0.15) is 12.0 Å². The highest BCUT2D eigenvalue weighted by Gasteiger charge is 2.28. The fourth-order valence-corrected chi connectivity index (χ4v) is 3.11. The molecule has 2 atom stereocenters. The number of nitrogens with zero attached hydrogens (tertiary/aromatic N) is 1. The molecule has 2 N–H and O–H groups in total. The molecule has 0 bridgehead atoms. The number of nitrogens with one attached hydrogen (secondary N) is 1. The van der Waals surface area contributed by atoms with Crippen molar-refractivity contribution in [1.29, 1.82) is 0 Å². The molecule has 23 heavy (non-hydrogen) atoms. The minimum absolute atomic E-state index is 0.0540. The molecule has 0 unspecified atom stereocenters. The average Bonchev–Trinajstić information content (AvgIpc) is 2.59. The van der Waals surface area contributed by atoms with Gasteiger partial charge in [0.05, 0.1) is 24.9 Å². The van der Waals surface area contributed by atoms with Crippen LogP contribution < -0.4 is 10.1 Å². The van der Waals surface area contributed by atoms with E-state index in [4.69, 9.17) is 4.74 Å². The van der Waals surface area contributed by atoms with Crippen LogP contribution >= 0.6 is 0 Å². The number of aliphatic hydroxyl groups is 1. The maximum absolute atomic E-state index is 10.5. The van der Waals surface area contributed by atoms with Crippen LogP contribution in [0, 0.1) is 0 Å². The Hall–Kier alpha value is -2.04. The van der Waals surface area contributed by atoms with Crippen molar-refractivity contribution >= 4 is 5.69 Å². The molecule has 1 heterocycles. The van der Waals surface area contributed by atoms with E-state index in [9.17, 15) is 5.11 Å². The van der Waals surface area contributed by atoms with E-state index < -0.39 is 6.10 Å². The molecule has 0 amide bonds. The molecule has 0 saturated carbocycles. The van der Waals surface area contributed by atoms with Gasteiger partial charge in [0.1, 0.15) is 5.75 Å². The summed E-state index contributed by atoms with van der Waals surface area (Å²) in [6, 6.07) is 18.3. The lowest BCUT2D eigenvalue weighted by Gasteiger charge is -2.37. The Bertz CT molecular complexity index is 618.